The van der Waals surface area contributed by atoms with Gasteiger partial charge in [-0.1, -0.05) is 5.16 Å². The van der Waals surface area contributed by atoms with E-state index >= 15 is 0 Å². The maximum atomic E-state index is 13.5. The summed E-state index contributed by atoms with van der Waals surface area (Å²) in [6, 6.07) is 3.93. The predicted molar refractivity (Wildman–Crippen MR) is 65.9 cm³/mol. The van der Waals surface area contributed by atoms with E-state index in [1.54, 1.807) is 6.92 Å². The molecule has 0 aliphatic rings. The van der Waals surface area contributed by atoms with Crippen molar-refractivity contribution in [1.82, 2.24) is 15.5 Å². The van der Waals surface area contributed by atoms with Crippen molar-refractivity contribution >= 4 is 11.6 Å². The van der Waals surface area contributed by atoms with Gasteiger partial charge in [-0.3, -0.25) is 4.79 Å². The Morgan fingerprint density at radius 1 is 1.53 bits per heavy atom. The van der Waals surface area contributed by atoms with E-state index in [-0.39, 0.29) is 11.3 Å². The molecule has 0 aliphatic carbocycles. The standard InChI is InChI=1S/C12H13FN4O2/c1-7-16-11(17-19-7)4-5-15-12(18)9-3-2-8(14)6-10(9)13/h2-3,6H,4-5,14H2,1H3,(H,15,18). The minimum atomic E-state index is -0.645. The number of rotatable bonds is 4. The molecular formula is C12H13FN4O2. The maximum absolute atomic E-state index is 13.5. The number of anilines is 1. The number of aryl methyl sites for hydroxylation is 1. The number of hydrogen-bond donors (Lipinski definition) is 2. The number of nitrogens with two attached hydrogens (primary N) is 1. The molecule has 1 aromatic heterocycles. The Labute approximate surface area is 108 Å². The third-order valence-electron chi connectivity index (χ3n) is 2.44. The largest absolute Gasteiger partial charge is 0.399 e. The van der Waals surface area contributed by atoms with Gasteiger partial charge in [0.25, 0.3) is 5.91 Å². The smallest absolute Gasteiger partial charge is 0.254 e. The molecule has 0 radical (unpaired) electrons. The first-order valence-electron chi connectivity index (χ1n) is 5.68. The van der Waals surface area contributed by atoms with Crippen LogP contribution >= 0.6 is 0 Å². The molecule has 1 heterocycles. The summed E-state index contributed by atoms with van der Waals surface area (Å²) >= 11 is 0. The van der Waals surface area contributed by atoms with E-state index < -0.39 is 11.7 Å². The number of benzene rings is 1. The minimum absolute atomic E-state index is 0.0431. The van der Waals surface area contributed by atoms with Gasteiger partial charge >= 0.3 is 0 Å². The van der Waals surface area contributed by atoms with Crippen LogP contribution in [-0.2, 0) is 6.42 Å². The number of aromatic nitrogens is 2. The van der Waals surface area contributed by atoms with Gasteiger partial charge in [-0.05, 0) is 18.2 Å². The third-order valence-corrected chi connectivity index (χ3v) is 2.44. The Hall–Kier alpha value is -2.44. The van der Waals surface area contributed by atoms with Gasteiger partial charge in [0, 0.05) is 25.6 Å². The fraction of sp³-hybridized carbons (Fsp3) is 0.250. The van der Waals surface area contributed by atoms with Crippen LogP contribution in [0, 0.1) is 12.7 Å². The van der Waals surface area contributed by atoms with Crippen molar-refractivity contribution in [1.29, 1.82) is 0 Å². The zero-order valence-corrected chi connectivity index (χ0v) is 10.3. The summed E-state index contributed by atoms with van der Waals surface area (Å²) in [6.07, 6.45) is 0.416. The first kappa shape index (κ1) is 13.0. The Morgan fingerprint density at radius 3 is 2.95 bits per heavy atom. The predicted octanol–water partition coefficient (Wildman–Crippen LogP) is 1.07. The van der Waals surface area contributed by atoms with Gasteiger partial charge in [-0.15, -0.1) is 0 Å². The Bertz CT molecular complexity index is 597. The summed E-state index contributed by atoms with van der Waals surface area (Å²) in [5.74, 6) is -0.188. The molecule has 6 nitrogen and oxygen atoms in total. The highest BCUT2D eigenvalue weighted by Crippen LogP contribution is 2.11. The number of nitrogens with one attached hydrogen (secondary N) is 1. The monoisotopic (exact) mass is 264 g/mol. The first-order valence-corrected chi connectivity index (χ1v) is 5.68. The number of amides is 1. The average molecular weight is 264 g/mol. The molecule has 19 heavy (non-hydrogen) atoms. The normalized spacial score (nSPS) is 10.4. The molecule has 0 saturated heterocycles. The highest BCUT2D eigenvalue weighted by molar-refractivity contribution is 5.94. The summed E-state index contributed by atoms with van der Waals surface area (Å²) in [6.45, 7) is 1.97. The second-order valence-electron chi connectivity index (χ2n) is 3.97. The Kier molecular flexibility index (Phi) is 3.74. The molecule has 0 fully saturated rings. The van der Waals surface area contributed by atoms with Crippen LogP contribution in [0.25, 0.3) is 0 Å². The van der Waals surface area contributed by atoms with E-state index in [0.29, 0.717) is 24.7 Å². The number of nitrogen functional groups attached to an aromatic ring is 1. The lowest BCUT2D eigenvalue weighted by molar-refractivity contribution is 0.0950. The Balaban J connectivity index is 1.90. The number of nitrogens with zero attached hydrogens (tertiary/aromatic N) is 2. The van der Waals surface area contributed by atoms with Gasteiger partial charge in [0.05, 0.1) is 5.56 Å². The van der Waals surface area contributed by atoms with Crippen molar-refractivity contribution < 1.29 is 13.7 Å². The molecule has 100 valence electrons. The first-order chi connectivity index (χ1) is 9.06. The lowest BCUT2D eigenvalue weighted by atomic mass is 10.2. The molecule has 0 unspecified atom stereocenters. The van der Waals surface area contributed by atoms with Crippen LogP contribution in [0.1, 0.15) is 22.1 Å². The average Bonchev–Trinajstić information content (AvgIpc) is 2.75. The molecule has 0 spiro atoms. The lowest BCUT2D eigenvalue weighted by Crippen LogP contribution is -2.26. The van der Waals surface area contributed by atoms with Crippen molar-refractivity contribution in [3.63, 3.8) is 0 Å². The van der Waals surface area contributed by atoms with E-state index in [2.05, 4.69) is 15.5 Å². The molecule has 1 amide bonds. The number of halogens is 1. The van der Waals surface area contributed by atoms with Crippen LogP contribution in [0.15, 0.2) is 22.7 Å². The summed E-state index contributed by atoms with van der Waals surface area (Å²) < 4.78 is 18.3. The zero-order valence-electron chi connectivity index (χ0n) is 10.3. The van der Waals surface area contributed by atoms with Gasteiger partial charge in [0.2, 0.25) is 5.89 Å². The van der Waals surface area contributed by atoms with Crippen LogP contribution in [0.2, 0.25) is 0 Å². The number of hydrogen-bond acceptors (Lipinski definition) is 5. The summed E-state index contributed by atoms with van der Waals surface area (Å²) in [4.78, 5) is 15.7. The molecule has 7 heteroatoms. The maximum Gasteiger partial charge on any atom is 0.254 e. The topological polar surface area (TPSA) is 94.0 Å². The molecule has 2 aromatic rings. The number of carbonyl (C=O) groups excluding carboxylic acids is 1. The molecule has 0 aliphatic heterocycles. The van der Waals surface area contributed by atoms with Crippen LogP contribution in [0.5, 0.6) is 0 Å². The van der Waals surface area contributed by atoms with Crippen LogP contribution in [0.4, 0.5) is 10.1 Å². The second-order valence-corrected chi connectivity index (χ2v) is 3.97. The van der Waals surface area contributed by atoms with Crippen molar-refractivity contribution in [2.45, 2.75) is 13.3 Å². The van der Waals surface area contributed by atoms with E-state index in [9.17, 15) is 9.18 Å². The van der Waals surface area contributed by atoms with Crippen molar-refractivity contribution in [3.8, 4) is 0 Å². The van der Waals surface area contributed by atoms with E-state index in [1.807, 2.05) is 0 Å². The van der Waals surface area contributed by atoms with Crippen LogP contribution in [-0.4, -0.2) is 22.6 Å². The summed E-state index contributed by atoms with van der Waals surface area (Å²) in [5.41, 5.74) is 5.64. The zero-order chi connectivity index (χ0) is 13.8. The molecule has 0 bridgehead atoms. The van der Waals surface area contributed by atoms with Gasteiger partial charge in [0.1, 0.15) is 5.82 Å². The Morgan fingerprint density at radius 2 is 2.32 bits per heavy atom. The fourth-order valence-electron chi connectivity index (χ4n) is 1.54. The molecular weight excluding hydrogens is 251 g/mol. The summed E-state index contributed by atoms with van der Waals surface area (Å²) in [7, 11) is 0. The van der Waals surface area contributed by atoms with Gasteiger partial charge in [-0.2, -0.15) is 4.98 Å². The van der Waals surface area contributed by atoms with Gasteiger partial charge in [-0.25, -0.2) is 4.39 Å². The van der Waals surface area contributed by atoms with E-state index in [4.69, 9.17) is 10.3 Å². The van der Waals surface area contributed by atoms with Gasteiger partial charge in [0.15, 0.2) is 5.82 Å². The molecule has 2 rings (SSSR count). The fourth-order valence-corrected chi connectivity index (χ4v) is 1.54. The third kappa shape index (κ3) is 3.27. The van der Waals surface area contributed by atoms with Crippen LogP contribution < -0.4 is 11.1 Å². The van der Waals surface area contributed by atoms with E-state index in [0.717, 1.165) is 6.07 Å². The van der Waals surface area contributed by atoms with Crippen molar-refractivity contribution in [3.05, 3.63) is 41.3 Å². The minimum Gasteiger partial charge on any atom is -0.399 e. The summed E-state index contributed by atoms with van der Waals surface area (Å²) in [5, 5.41) is 6.26. The second kappa shape index (κ2) is 5.47. The van der Waals surface area contributed by atoms with Crippen molar-refractivity contribution in [2.75, 3.05) is 12.3 Å². The number of carbonyl (C=O) groups is 1. The lowest BCUT2D eigenvalue weighted by Gasteiger charge is -2.05. The molecule has 3 N–H and O–H groups in total. The highest BCUT2D eigenvalue weighted by Gasteiger charge is 2.11. The molecule has 1 aromatic carbocycles. The quantitative estimate of drug-likeness (QED) is 0.805. The van der Waals surface area contributed by atoms with Crippen LogP contribution in [0.3, 0.4) is 0 Å². The molecule has 0 atom stereocenters. The van der Waals surface area contributed by atoms with E-state index in [1.165, 1.54) is 12.1 Å². The van der Waals surface area contributed by atoms with Crippen molar-refractivity contribution in [2.24, 2.45) is 0 Å². The van der Waals surface area contributed by atoms with Gasteiger partial charge < -0.3 is 15.6 Å². The SMILES string of the molecule is Cc1nc(CCNC(=O)c2ccc(N)cc2F)no1. The molecule has 0 saturated carbocycles. The highest BCUT2D eigenvalue weighted by atomic mass is 19.1.